The fourth-order valence-electron chi connectivity index (χ4n) is 3.56. The standard InChI is InChI=1S/C21H21FN4O2/c22-16-7-5-14(6-8-16)13-23-20(27)15-9-11-26(12-10-15)21(28)19-17-3-1-2-4-18(17)24-25-19/h1-8,15H,9-13H2,(H,23,27)(H,24,25). The monoisotopic (exact) mass is 380 g/mol. The van der Waals surface area contributed by atoms with Gasteiger partial charge in [0.15, 0.2) is 5.69 Å². The third kappa shape index (κ3) is 3.74. The molecular weight excluding hydrogens is 359 g/mol. The van der Waals surface area contributed by atoms with Crippen LogP contribution in [0.1, 0.15) is 28.9 Å². The Bertz CT molecular complexity index is 991. The number of hydrogen-bond donors (Lipinski definition) is 2. The first-order valence-electron chi connectivity index (χ1n) is 9.36. The maximum absolute atomic E-state index is 12.9. The molecule has 0 aliphatic carbocycles. The molecular formula is C21H21FN4O2. The first-order valence-corrected chi connectivity index (χ1v) is 9.36. The molecule has 3 aromatic rings. The molecule has 0 spiro atoms. The normalized spacial score (nSPS) is 15.0. The number of halogens is 1. The summed E-state index contributed by atoms with van der Waals surface area (Å²) < 4.78 is 12.9. The van der Waals surface area contributed by atoms with Crippen LogP contribution >= 0.6 is 0 Å². The van der Waals surface area contributed by atoms with E-state index in [0.717, 1.165) is 16.5 Å². The van der Waals surface area contributed by atoms with Crippen LogP contribution in [0, 0.1) is 11.7 Å². The Labute approximate surface area is 161 Å². The average molecular weight is 380 g/mol. The van der Waals surface area contributed by atoms with Crippen LogP contribution in [-0.4, -0.2) is 40.0 Å². The fraction of sp³-hybridized carbons (Fsp3) is 0.286. The number of benzene rings is 2. The van der Waals surface area contributed by atoms with Gasteiger partial charge in [0.25, 0.3) is 5.91 Å². The topological polar surface area (TPSA) is 78.1 Å². The Kier molecular flexibility index (Phi) is 5.06. The van der Waals surface area contributed by atoms with Gasteiger partial charge in [-0.15, -0.1) is 0 Å². The molecule has 0 atom stereocenters. The van der Waals surface area contributed by atoms with Crippen molar-refractivity contribution in [3.8, 4) is 0 Å². The minimum atomic E-state index is -0.295. The number of nitrogens with one attached hydrogen (secondary N) is 2. The summed E-state index contributed by atoms with van der Waals surface area (Å²) in [6.45, 7) is 1.42. The number of likely N-dealkylation sites (tertiary alicyclic amines) is 1. The molecule has 0 bridgehead atoms. The second-order valence-corrected chi connectivity index (χ2v) is 7.03. The van der Waals surface area contributed by atoms with E-state index >= 15 is 0 Å². The Morgan fingerprint density at radius 1 is 1.11 bits per heavy atom. The van der Waals surface area contributed by atoms with Gasteiger partial charge < -0.3 is 10.2 Å². The summed E-state index contributed by atoms with van der Waals surface area (Å²) in [5.74, 6) is -0.554. The van der Waals surface area contributed by atoms with Crippen molar-refractivity contribution >= 4 is 22.7 Å². The highest BCUT2D eigenvalue weighted by Gasteiger charge is 2.29. The number of carbonyl (C=O) groups is 2. The first-order chi connectivity index (χ1) is 13.6. The van der Waals surface area contributed by atoms with Crippen molar-refractivity contribution in [3.63, 3.8) is 0 Å². The SMILES string of the molecule is O=C(NCc1ccc(F)cc1)C1CCN(C(=O)c2n[nH]c3ccccc23)CC1. The number of piperidine rings is 1. The second kappa shape index (κ2) is 7.80. The largest absolute Gasteiger partial charge is 0.352 e. The third-order valence-electron chi connectivity index (χ3n) is 5.21. The number of carbonyl (C=O) groups excluding carboxylic acids is 2. The minimum Gasteiger partial charge on any atom is -0.352 e. The van der Waals surface area contributed by atoms with Crippen LogP contribution in [0.3, 0.4) is 0 Å². The maximum atomic E-state index is 12.9. The van der Waals surface area contributed by atoms with Crippen LogP contribution in [0.4, 0.5) is 4.39 Å². The summed E-state index contributed by atoms with van der Waals surface area (Å²) in [5.41, 5.74) is 2.11. The Morgan fingerprint density at radius 2 is 1.82 bits per heavy atom. The van der Waals surface area contributed by atoms with Gasteiger partial charge in [0.05, 0.1) is 5.52 Å². The molecule has 2 heterocycles. The van der Waals surface area contributed by atoms with E-state index in [4.69, 9.17) is 0 Å². The molecule has 1 aromatic heterocycles. The molecule has 2 amide bonds. The quantitative estimate of drug-likeness (QED) is 0.731. The molecule has 0 unspecified atom stereocenters. The molecule has 144 valence electrons. The van der Waals surface area contributed by atoms with Gasteiger partial charge in [-0.05, 0) is 36.6 Å². The molecule has 2 aromatic carbocycles. The van der Waals surface area contributed by atoms with Crippen LogP contribution < -0.4 is 5.32 Å². The lowest BCUT2D eigenvalue weighted by molar-refractivity contribution is -0.126. The molecule has 1 fully saturated rings. The van der Waals surface area contributed by atoms with Crippen molar-refractivity contribution in [2.75, 3.05) is 13.1 Å². The van der Waals surface area contributed by atoms with Crippen molar-refractivity contribution < 1.29 is 14.0 Å². The molecule has 1 aliphatic heterocycles. The average Bonchev–Trinajstić information content (AvgIpc) is 3.17. The molecule has 1 aliphatic rings. The smallest absolute Gasteiger partial charge is 0.274 e. The number of fused-ring (bicyclic) bond motifs is 1. The predicted molar refractivity (Wildman–Crippen MR) is 103 cm³/mol. The third-order valence-corrected chi connectivity index (χ3v) is 5.21. The van der Waals surface area contributed by atoms with Gasteiger partial charge in [-0.1, -0.05) is 30.3 Å². The predicted octanol–water partition coefficient (Wildman–Crippen LogP) is 2.87. The zero-order valence-corrected chi connectivity index (χ0v) is 15.3. The number of aromatic nitrogens is 2. The number of H-pyrrole nitrogens is 1. The van der Waals surface area contributed by atoms with E-state index in [9.17, 15) is 14.0 Å². The summed E-state index contributed by atoms with van der Waals surface area (Å²) >= 11 is 0. The minimum absolute atomic E-state index is 0.0263. The first kappa shape index (κ1) is 18.2. The molecule has 0 saturated carbocycles. The highest BCUT2D eigenvalue weighted by atomic mass is 19.1. The number of nitrogens with zero attached hydrogens (tertiary/aromatic N) is 2. The van der Waals surface area contributed by atoms with Gasteiger partial charge in [-0.2, -0.15) is 5.10 Å². The highest BCUT2D eigenvalue weighted by molar-refractivity contribution is 6.04. The second-order valence-electron chi connectivity index (χ2n) is 7.03. The molecule has 2 N–H and O–H groups in total. The van der Waals surface area contributed by atoms with Crippen LogP contribution in [-0.2, 0) is 11.3 Å². The Balaban J connectivity index is 1.32. The van der Waals surface area contributed by atoms with Gasteiger partial charge >= 0.3 is 0 Å². The van der Waals surface area contributed by atoms with E-state index in [1.165, 1.54) is 12.1 Å². The van der Waals surface area contributed by atoms with Crippen molar-refractivity contribution in [3.05, 3.63) is 65.6 Å². The van der Waals surface area contributed by atoms with Gasteiger partial charge in [0.2, 0.25) is 5.91 Å². The van der Waals surface area contributed by atoms with Gasteiger partial charge in [0, 0.05) is 30.9 Å². The van der Waals surface area contributed by atoms with Crippen molar-refractivity contribution in [1.29, 1.82) is 0 Å². The number of aromatic amines is 1. The van der Waals surface area contributed by atoms with Gasteiger partial charge in [-0.3, -0.25) is 14.7 Å². The van der Waals surface area contributed by atoms with E-state index in [1.807, 2.05) is 24.3 Å². The van der Waals surface area contributed by atoms with Crippen molar-refractivity contribution in [1.82, 2.24) is 20.4 Å². The van der Waals surface area contributed by atoms with Crippen LogP contribution in [0.5, 0.6) is 0 Å². The highest BCUT2D eigenvalue weighted by Crippen LogP contribution is 2.22. The van der Waals surface area contributed by atoms with E-state index in [2.05, 4.69) is 15.5 Å². The lowest BCUT2D eigenvalue weighted by Gasteiger charge is -2.31. The summed E-state index contributed by atoms with van der Waals surface area (Å²) in [5, 5.41) is 10.8. The summed E-state index contributed by atoms with van der Waals surface area (Å²) in [7, 11) is 0. The molecule has 4 rings (SSSR count). The maximum Gasteiger partial charge on any atom is 0.274 e. The molecule has 1 saturated heterocycles. The molecule has 28 heavy (non-hydrogen) atoms. The number of amides is 2. The molecule has 6 nitrogen and oxygen atoms in total. The van der Waals surface area contributed by atoms with E-state index in [-0.39, 0.29) is 23.5 Å². The zero-order valence-electron chi connectivity index (χ0n) is 15.3. The summed E-state index contributed by atoms with van der Waals surface area (Å²) in [6.07, 6.45) is 1.23. The van der Waals surface area contributed by atoms with Crippen LogP contribution in [0.25, 0.3) is 10.9 Å². The van der Waals surface area contributed by atoms with Crippen molar-refractivity contribution in [2.45, 2.75) is 19.4 Å². The van der Waals surface area contributed by atoms with E-state index in [0.29, 0.717) is 38.2 Å². The lowest BCUT2D eigenvalue weighted by atomic mass is 9.95. The fourth-order valence-corrected chi connectivity index (χ4v) is 3.56. The lowest BCUT2D eigenvalue weighted by Crippen LogP contribution is -2.43. The van der Waals surface area contributed by atoms with Crippen LogP contribution in [0.2, 0.25) is 0 Å². The molecule has 0 radical (unpaired) electrons. The number of para-hydroxylation sites is 1. The van der Waals surface area contributed by atoms with E-state index < -0.39 is 0 Å². The molecule has 7 heteroatoms. The van der Waals surface area contributed by atoms with Crippen LogP contribution in [0.15, 0.2) is 48.5 Å². The van der Waals surface area contributed by atoms with Gasteiger partial charge in [-0.25, -0.2) is 4.39 Å². The summed E-state index contributed by atoms with van der Waals surface area (Å²) in [4.78, 5) is 27.0. The Hall–Kier alpha value is -3.22. The number of hydrogen-bond acceptors (Lipinski definition) is 3. The van der Waals surface area contributed by atoms with E-state index in [1.54, 1.807) is 17.0 Å². The van der Waals surface area contributed by atoms with Gasteiger partial charge in [0.1, 0.15) is 5.82 Å². The summed E-state index contributed by atoms with van der Waals surface area (Å²) in [6, 6.07) is 13.6. The Morgan fingerprint density at radius 3 is 2.57 bits per heavy atom. The van der Waals surface area contributed by atoms with Crippen molar-refractivity contribution in [2.24, 2.45) is 5.92 Å². The number of rotatable bonds is 4. The zero-order chi connectivity index (χ0) is 19.5.